The average molecular weight is 148 g/mol. The highest BCUT2D eigenvalue weighted by atomic mass is 79.9. The molecule has 0 rings (SSSR count). The summed E-state index contributed by atoms with van der Waals surface area (Å²) in [6.07, 6.45) is 4.61. The summed E-state index contributed by atoms with van der Waals surface area (Å²) < 4.78 is 0. The summed E-state index contributed by atoms with van der Waals surface area (Å²) in [6.45, 7) is 0. The zero-order chi connectivity index (χ0) is 4.83. The smallest absolute Gasteiger partial charge is 0.225 e. The van der Waals surface area contributed by atoms with E-state index in [9.17, 15) is 4.79 Å². The van der Waals surface area contributed by atoms with E-state index in [1.165, 1.54) is 6.08 Å². The van der Waals surface area contributed by atoms with Crippen LogP contribution in [0.25, 0.3) is 0 Å². The van der Waals surface area contributed by atoms with Gasteiger partial charge in [0, 0.05) is 5.33 Å². The molecule has 6 heavy (non-hydrogen) atoms. The standard InChI is InChI=1S/C4H4BrO/c5-3-1-2-4-6/h1-2H,3H2/b2-1+. The molecular weight excluding hydrogens is 144 g/mol. The maximum atomic E-state index is 9.33. The molecule has 0 bridgehead atoms. The largest absolute Gasteiger partial charge is 0.286 e. The van der Waals surface area contributed by atoms with Crippen molar-refractivity contribution in [2.24, 2.45) is 0 Å². The van der Waals surface area contributed by atoms with Crippen LogP contribution in [0.15, 0.2) is 12.2 Å². The van der Waals surface area contributed by atoms with Crippen LogP contribution < -0.4 is 0 Å². The summed E-state index contributed by atoms with van der Waals surface area (Å²) in [4.78, 5) is 9.33. The van der Waals surface area contributed by atoms with Crippen LogP contribution in [0.3, 0.4) is 0 Å². The summed E-state index contributed by atoms with van der Waals surface area (Å²) in [5, 5.41) is 0.724. The van der Waals surface area contributed by atoms with Gasteiger partial charge >= 0.3 is 0 Å². The quantitative estimate of drug-likeness (QED) is 0.422. The van der Waals surface area contributed by atoms with E-state index in [4.69, 9.17) is 0 Å². The summed E-state index contributed by atoms with van der Waals surface area (Å²) in [7, 11) is 0. The molecule has 1 nitrogen and oxygen atoms in total. The highest BCUT2D eigenvalue weighted by molar-refractivity contribution is 9.09. The van der Waals surface area contributed by atoms with Gasteiger partial charge in [0.05, 0.1) is 0 Å². The van der Waals surface area contributed by atoms with E-state index in [1.54, 1.807) is 12.4 Å². The monoisotopic (exact) mass is 147 g/mol. The van der Waals surface area contributed by atoms with Gasteiger partial charge in [-0.15, -0.1) is 0 Å². The second-order valence-corrected chi connectivity index (χ2v) is 1.32. The van der Waals surface area contributed by atoms with Crippen molar-refractivity contribution in [3.05, 3.63) is 12.2 Å². The first-order chi connectivity index (χ1) is 2.91. The van der Waals surface area contributed by atoms with Crippen molar-refractivity contribution in [3.63, 3.8) is 0 Å². The van der Waals surface area contributed by atoms with E-state index in [2.05, 4.69) is 15.9 Å². The van der Waals surface area contributed by atoms with Crippen LogP contribution in [0.1, 0.15) is 0 Å². The Bertz CT molecular complexity index is 58.6. The van der Waals surface area contributed by atoms with Gasteiger partial charge in [-0.2, -0.15) is 0 Å². The van der Waals surface area contributed by atoms with Gasteiger partial charge in [0.2, 0.25) is 6.29 Å². The number of rotatable bonds is 2. The van der Waals surface area contributed by atoms with E-state index in [0.29, 0.717) is 0 Å². The topological polar surface area (TPSA) is 17.1 Å². The van der Waals surface area contributed by atoms with Gasteiger partial charge in [0.25, 0.3) is 0 Å². The first-order valence-electron chi connectivity index (χ1n) is 1.50. The van der Waals surface area contributed by atoms with Crippen molar-refractivity contribution in [1.82, 2.24) is 0 Å². The predicted molar refractivity (Wildman–Crippen MR) is 28.6 cm³/mol. The lowest BCUT2D eigenvalue weighted by atomic mass is 10.6. The van der Waals surface area contributed by atoms with Crippen LogP contribution in [-0.2, 0) is 4.79 Å². The molecule has 0 aliphatic heterocycles. The fourth-order valence-corrected chi connectivity index (χ4v) is 0.280. The molecule has 0 aromatic heterocycles. The summed E-state index contributed by atoms with van der Waals surface area (Å²) in [5.74, 6) is 0. The molecule has 0 aliphatic carbocycles. The first kappa shape index (κ1) is 5.89. The van der Waals surface area contributed by atoms with E-state index >= 15 is 0 Å². The van der Waals surface area contributed by atoms with Gasteiger partial charge in [-0.3, -0.25) is 4.79 Å². The zero-order valence-electron chi connectivity index (χ0n) is 3.15. The molecule has 0 aromatic carbocycles. The number of hydrogen-bond donors (Lipinski definition) is 0. The molecule has 0 spiro atoms. The minimum absolute atomic E-state index is 0.724. The molecule has 33 valence electrons. The Balaban J connectivity index is 2.94. The number of halogens is 1. The fraction of sp³-hybridized carbons (Fsp3) is 0.250. The van der Waals surface area contributed by atoms with Crippen LogP contribution in [0.2, 0.25) is 0 Å². The average Bonchev–Trinajstić information content (AvgIpc) is 1.61. The van der Waals surface area contributed by atoms with Crippen LogP contribution in [0, 0.1) is 0 Å². The van der Waals surface area contributed by atoms with Crippen molar-refractivity contribution in [1.29, 1.82) is 0 Å². The molecule has 0 aliphatic rings. The Morgan fingerprint density at radius 2 is 2.50 bits per heavy atom. The molecule has 0 saturated carbocycles. The first-order valence-corrected chi connectivity index (χ1v) is 2.62. The van der Waals surface area contributed by atoms with E-state index in [0.717, 1.165) is 5.33 Å². The van der Waals surface area contributed by atoms with Gasteiger partial charge < -0.3 is 0 Å². The van der Waals surface area contributed by atoms with Gasteiger partial charge in [0.15, 0.2) is 0 Å². The Morgan fingerprint density at radius 3 is 2.67 bits per heavy atom. The molecule has 0 unspecified atom stereocenters. The maximum absolute atomic E-state index is 9.33. The van der Waals surface area contributed by atoms with Crippen molar-refractivity contribution in [3.8, 4) is 0 Å². The number of hydrogen-bond acceptors (Lipinski definition) is 1. The molecule has 0 heterocycles. The molecule has 0 N–H and O–H groups in total. The minimum atomic E-state index is 0.724. The van der Waals surface area contributed by atoms with Crippen LogP contribution in [0.5, 0.6) is 0 Å². The van der Waals surface area contributed by atoms with Crippen molar-refractivity contribution >= 4 is 22.2 Å². The summed E-state index contributed by atoms with van der Waals surface area (Å²) in [5.41, 5.74) is 0. The molecule has 0 amide bonds. The SMILES string of the molecule is O=[C]/C=C/CBr. The molecule has 0 saturated heterocycles. The van der Waals surface area contributed by atoms with E-state index in [1.807, 2.05) is 0 Å². The van der Waals surface area contributed by atoms with Gasteiger partial charge in [0.1, 0.15) is 0 Å². The van der Waals surface area contributed by atoms with Crippen molar-refractivity contribution in [2.75, 3.05) is 5.33 Å². The maximum Gasteiger partial charge on any atom is 0.225 e. The normalized spacial score (nSPS) is 9.50. The van der Waals surface area contributed by atoms with Gasteiger partial charge in [-0.25, -0.2) is 0 Å². The van der Waals surface area contributed by atoms with Crippen molar-refractivity contribution < 1.29 is 4.79 Å². The lowest BCUT2D eigenvalue weighted by molar-refractivity contribution is 0.564. The highest BCUT2D eigenvalue weighted by Crippen LogP contribution is 1.77. The molecule has 1 radical (unpaired) electrons. The molecule has 2 heteroatoms. The van der Waals surface area contributed by atoms with Gasteiger partial charge in [-0.1, -0.05) is 22.0 Å². The molecule has 0 atom stereocenters. The fourth-order valence-electron chi connectivity index (χ4n) is 0.0927. The highest BCUT2D eigenvalue weighted by Gasteiger charge is 1.61. The van der Waals surface area contributed by atoms with E-state index in [-0.39, 0.29) is 0 Å². The number of allylic oxidation sites excluding steroid dienone is 2. The van der Waals surface area contributed by atoms with E-state index < -0.39 is 0 Å². The third-order valence-electron chi connectivity index (χ3n) is 0.275. The summed E-state index contributed by atoms with van der Waals surface area (Å²) >= 11 is 3.08. The predicted octanol–water partition coefficient (Wildman–Crippen LogP) is 1.05. The lowest BCUT2D eigenvalue weighted by Crippen LogP contribution is -1.58. The molecule has 0 fully saturated rings. The molecular formula is C4H4BrO. The number of alkyl halides is 1. The zero-order valence-corrected chi connectivity index (χ0v) is 4.73. The Labute approximate surface area is 45.2 Å². The third kappa shape index (κ3) is 3.89. The van der Waals surface area contributed by atoms with Crippen LogP contribution in [0.4, 0.5) is 0 Å². The summed E-state index contributed by atoms with van der Waals surface area (Å²) in [6, 6.07) is 0. The minimum Gasteiger partial charge on any atom is -0.286 e. The third-order valence-corrected chi connectivity index (χ3v) is 0.649. The van der Waals surface area contributed by atoms with Crippen LogP contribution >= 0.6 is 15.9 Å². The van der Waals surface area contributed by atoms with Gasteiger partial charge in [-0.05, 0) is 6.08 Å². The second kappa shape index (κ2) is 4.89. The Kier molecular flexibility index (Phi) is 4.80. The van der Waals surface area contributed by atoms with Crippen molar-refractivity contribution in [2.45, 2.75) is 0 Å². The second-order valence-electron chi connectivity index (χ2n) is 0.675. The number of carbonyl (C=O) groups excluding carboxylic acids is 1. The lowest BCUT2D eigenvalue weighted by Gasteiger charge is -1.62. The molecule has 0 aromatic rings. The Hall–Kier alpha value is -0.110. The van der Waals surface area contributed by atoms with Crippen LogP contribution in [-0.4, -0.2) is 11.6 Å². The Morgan fingerprint density at radius 1 is 1.83 bits per heavy atom.